The van der Waals surface area contributed by atoms with Gasteiger partial charge >= 0.3 is 0 Å². The molecule has 0 aliphatic carbocycles. The molecular weight excluding hydrogens is 362 g/mol. The monoisotopic (exact) mass is 385 g/mol. The Bertz CT molecular complexity index is 883. The largest absolute Gasteiger partial charge is 0.325 e. The number of amides is 1. The zero-order valence-electron chi connectivity index (χ0n) is 15.2. The van der Waals surface area contributed by atoms with Crippen LogP contribution in [0.4, 0.5) is 5.69 Å². The molecule has 1 aromatic carbocycles. The number of aromatic nitrogens is 1. The van der Waals surface area contributed by atoms with E-state index < -0.39 is 0 Å². The third-order valence-electron chi connectivity index (χ3n) is 5.61. The summed E-state index contributed by atoms with van der Waals surface area (Å²) in [5.74, 6) is 0.460. The number of fused-ring (bicyclic) bond motifs is 2. The van der Waals surface area contributed by atoms with Crippen LogP contribution in [-0.4, -0.2) is 22.6 Å². The summed E-state index contributed by atoms with van der Waals surface area (Å²) in [5.41, 5.74) is 1.39. The molecule has 6 heteroatoms. The Kier molecular flexibility index (Phi) is 5.32. The van der Waals surface area contributed by atoms with Crippen LogP contribution >= 0.6 is 11.6 Å². The van der Waals surface area contributed by atoms with E-state index in [-0.39, 0.29) is 11.5 Å². The maximum atomic E-state index is 12.5. The van der Waals surface area contributed by atoms with Crippen LogP contribution in [0.15, 0.2) is 47.4 Å². The number of nitrogens with zero attached hydrogens (tertiary/aromatic N) is 1. The summed E-state index contributed by atoms with van der Waals surface area (Å²) in [6.45, 7) is 0.375. The van der Waals surface area contributed by atoms with Gasteiger partial charge in [0.2, 0.25) is 5.91 Å². The number of rotatable bonds is 5. The number of nitrogens with one attached hydrogen (secondary N) is 2. The van der Waals surface area contributed by atoms with Crippen LogP contribution in [0, 0.1) is 5.92 Å². The Morgan fingerprint density at radius 3 is 2.63 bits per heavy atom. The number of pyridine rings is 1. The van der Waals surface area contributed by atoms with Gasteiger partial charge in [0.1, 0.15) is 0 Å². The van der Waals surface area contributed by atoms with Gasteiger partial charge in [0.05, 0.1) is 12.2 Å². The van der Waals surface area contributed by atoms with Crippen LogP contribution < -0.4 is 16.2 Å². The lowest BCUT2D eigenvalue weighted by Crippen LogP contribution is -2.39. The van der Waals surface area contributed by atoms with Crippen LogP contribution in [0.2, 0.25) is 5.02 Å². The molecule has 1 amide bonds. The highest BCUT2D eigenvalue weighted by Crippen LogP contribution is 2.32. The van der Waals surface area contributed by atoms with Gasteiger partial charge in [-0.25, -0.2) is 0 Å². The molecule has 2 unspecified atom stereocenters. The zero-order valence-corrected chi connectivity index (χ0v) is 15.9. The van der Waals surface area contributed by atoms with Crippen molar-refractivity contribution in [1.82, 2.24) is 9.88 Å². The first-order valence-electron chi connectivity index (χ1n) is 9.56. The smallest absolute Gasteiger partial charge is 0.250 e. The SMILES string of the molecule is O=C(CC1CC2CCC(C1)N2)Nc1ccc(=O)n(Cc2ccccc2Cl)c1. The fourth-order valence-corrected chi connectivity index (χ4v) is 4.55. The average Bonchev–Trinajstić information content (AvgIpc) is 2.98. The molecule has 5 nitrogen and oxygen atoms in total. The van der Waals surface area contributed by atoms with Gasteiger partial charge in [-0.1, -0.05) is 29.8 Å². The van der Waals surface area contributed by atoms with Gasteiger partial charge < -0.3 is 15.2 Å². The highest BCUT2D eigenvalue weighted by molar-refractivity contribution is 6.31. The van der Waals surface area contributed by atoms with Crippen LogP contribution in [0.5, 0.6) is 0 Å². The molecule has 2 atom stereocenters. The Labute approximate surface area is 163 Å². The Balaban J connectivity index is 1.41. The zero-order chi connectivity index (χ0) is 18.8. The number of piperidine rings is 1. The number of hydrogen-bond donors (Lipinski definition) is 2. The van der Waals surface area contributed by atoms with Crippen LogP contribution in [0.1, 0.15) is 37.7 Å². The van der Waals surface area contributed by atoms with Crippen molar-refractivity contribution in [2.75, 3.05) is 5.32 Å². The number of carbonyl (C=O) groups excluding carboxylic acids is 1. The molecule has 0 radical (unpaired) electrons. The number of benzene rings is 1. The quantitative estimate of drug-likeness (QED) is 0.829. The first kappa shape index (κ1) is 18.3. The number of anilines is 1. The minimum absolute atomic E-state index is 0.0178. The van der Waals surface area contributed by atoms with E-state index in [4.69, 9.17) is 11.6 Å². The van der Waals surface area contributed by atoms with Gasteiger partial charge in [-0.05, 0) is 49.3 Å². The summed E-state index contributed by atoms with van der Waals surface area (Å²) in [4.78, 5) is 24.7. The van der Waals surface area contributed by atoms with Crippen LogP contribution in [0.25, 0.3) is 0 Å². The topological polar surface area (TPSA) is 63.1 Å². The second-order valence-electron chi connectivity index (χ2n) is 7.70. The Morgan fingerprint density at radius 1 is 1.15 bits per heavy atom. The van der Waals surface area contributed by atoms with Crippen LogP contribution in [-0.2, 0) is 11.3 Å². The van der Waals surface area contributed by atoms with E-state index in [9.17, 15) is 9.59 Å². The van der Waals surface area contributed by atoms with E-state index in [1.807, 2.05) is 18.2 Å². The number of carbonyl (C=O) groups is 1. The van der Waals surface area contributed by atoms with Gasteiger partial charge in [0.15, 0.2) is 0 Å². The van der Waals surface area contributed by atoms with Crippen molar-refractivity contribution in [2.45, 2.75) is 50.7 Å². The lowest BCUT2D eigenvalue weighted by Gasteiger charge is -2.28. The third-order valence-corrected chi connectivity index (χ3v) is 5.98. The maximum Gasteiger partial charge on any atom is 0.250 e. The number of halogens is 1. The van der Waals surface area contributed by atoms with Crippen molar-refractivity contribution in [2.24, 2.45) is 5.92 Å². The predicted octanol–water partition coefficient (Wildman–Crippen LogP) is 3.41. The van der Waals surface area contributed by atoms with Crippen molar-refractivity contribution in [3.8, 4) is 0 Å². The maximum absolute atomic E-state index is 12.5. The molecular formula is C21H24ClN3O2. The summed E-state index contributed by atoms with van der Waals surface area (Å²) in [6.07, 6.45) is 6.85. The Hall–Kier alpha value is -2.11. The second-order valence-corrected chi connectivity index (χ2v) is 8.11. The minimum atomic E-state index is -0.122. The van der Waals surface area contributed by atoms with Crippen molar-refractivity contribution in [1.29, 1.82) is 0 Å². The van der Waals surface area contributed by atoms with E-state index in [1.54, 1.807) is 22.9 Å². The summed E-state index contributed by atoms with van der Waals surface area (Å²) in [6, 6.07) is 11.8. The van der Waals surface area contributed by atoms with E-state index >= 15 is 0 Å². The first-order valence-corrected chi connectivity index (χ1v) is 9.94. The molecule has 2 aromatic rings. The summed E-state index contributed by atoms with van der Waals surface area (Å²) in [7, 11) is 0. The van der Waals surface area contributed by atoms with E-state index in [1.165, 1.54) is 18.9 Å². The van der Waals surface area contributed by atoms with Crippen molar-refractivity contribution in [3.05, 3.63) is 63.5 Å². The second kappa shape index (κ2) is 7.87. The molecule has 3 heterocycles. The molecule has 2 saturated heterocycles. The molecule has 2 aliphatic rings. The first-order chi connectivity index (χ1) is 13.1. The molecule has 0 spiro atoms. The molecule has 27 heavy (non-hydrogen) atoms. The third kappa shape index (κ3) is 4.42. The van der Waals surface area contributed by atoms with Crippen LogP contribution in [0.3, 0.4) is 0 Å². The summed E-state index contributed by atoms with van der Waals surface area (Å²) >= 11 is 6.20. The van der Waals surface area contributed by atoms with Gasteiger partial charge in [-0.2, -0.15) is 0 Å². The predicted molar refractivity (Wildman–Crippen MR) is 107 cm³/mol. The van der Waals surface area contributed by atoms with E-state index in [0.29, 0.717) is 41.7 Å². The van der Waals surface area contributed by atoms with Gasteiger partial charge in [-0.3, -0.25) is 9.59 Å². The standard InChI is InChI=1S/C21H24ClN3O2/c22-19-4-2-1-3-15(19)12-25-13-18(7-8-21(25)27)24-20(26)11-14-9-16-5-6-17(10-14)23-16/h1-4,7-8,13-14,16-17,23H,5-6,9-12H2,(H,24,26). The lowest BCUT2D eigenvalue weighted by atomic mass is 9.89. The van der Waals surface area contributed by atoms with Gasteiger partial charge in [-0.15, -0.1) is 0 Å². The molecule has 2 fully saturated rings. The Morgan fingerprint density at radius 2 is 1.89 bits per heavy atom. The molecule has 2 aliphatic heterocycles. The number of hydrogen-bond acceptors (Lipinski definition) is 3. The average molecular weight is 386 g/mol. The van der Waals surface area contributed by atoms with Crippen molar-refractivity contribution < 1.29 is 4.79 Å². The van der Waals surface area contributed by atoms with E-state index in [2.05, 4.69) is 10.6 Å². The molecule has 0 saturated carbocycles. The fraction of sp³-hybridized carbons (Fsp3) is 0.429. The molecule has 4 rings (SSSR count). The van der Waals surface area contributed by atoms with E-state index in [0.717, 1.165) is 18.4 Å². The molecule has 142 valence electrons. The fourth-order valence-electron chi connectivity index (χ4n) is 4.35. The highest BCUT2D eigenvalue weighted by Gasteiger charge is 2.34. The van der Waals surface area contributed by atoms with Gasteiger partial charge in [0, 0.05) is 35.8 Å². The van der Waals surface area contributed by atoms with Gasteiger partial charge in [0.25, 0.3) is 5.56 Å². The van der Waals surface area contributed by atoms with Crippen molar-refractivity contribution >= 4 is 23.2 Å². The lowest BCUT2D eigenvalue weighted by molar-refractivity contribution is -0.117. The minimum Gasteiger partial charge on any atom is -0.325 e. The molecule has 2 N–H and O–H groups in total. The highest BCUT2D eigenvalue weighted by atomic mass is 35.5. The normalized spacial score (nSPS) is 24.0. The molecule has 1 aromatic heterocycles. The molecule has 2 bridgehead atoms. The summed E-state index contributed by atoms with van der Waals surface area (Å²) in [5, 5.41) is 7.18. The van der Waals surface area contributed by atoms with Crippen molar-refractivity contribution in [3.63, 3.8) is 0 Å². The summed E-state index contributed by atoms with van der Waals surface area (Å²) < 4.78 is 1.57.